The van der Waals surface area contributed by atoms with Crippen LogP contribution in [0.4, 0.5) is 0 Å². The molecule has 0 amide bonds. The summed E-state index contributed by atoms with van der Waals surface area (Å²) in [6.07, 6.45) is 2.42. The molecule has 0 aliphatic heterocycles. The monoisotopic (exact) mass is 68.0 g/mol. The summed E-state index contributed by atoms with van der Waals surface area (Å²) in [5.41, 5.74) is 0. The molecule has 0 radical (unpaired) electrons. The first-order valence-corrected chi connectivity index (χ1v) is 1.02. The molecule has 0 spiro atoms. The molecule has 2 nitrogen and oxygen atoms in total. The first kappa shape index (κ1) is 3.94. The Morgan fingerprint density at radius 1 is 2.00 bits per heavy atom. The number of hydrogen-bond acceptors (Lipinski definition) is 2. The van der Waals surface area contributed by atoms with E-state index in [9.17, 15) is 0 Å². The summed E-state index contributed by atoms with van der Waals surface area (Å²) in [6.45, 7) is 0. The van der Waals surface area contributed by atoms with E-state index in [2.05, 4.69) is 0 Å². The van der Waals surface area contributed by atoms with Crippen LogP contribution in [0.3, 0.4) is 0 Å². The number of aliphatic hydroxyl groups is 1. The van der Waals surface area contributed by atoms with Gasteiger partial charge in [0.15, 0.2) is 0 Å². The van der Waals surface area contributed by atoms with E-state index in [1.165, 1.54) is 6.07 Å². The van der Waals surface area contributed by atoms with Crippen LogP contribution in [0.5, 0.6) is 0 Å². The first-order valence-electron chi connectivity index (χ1n) is 1.02. The van der Waals surface area contributed by atoms with Crippen LogP contribution in [0.15, 0.2) is 6.26 Å². The van der Waals surface area contributed by atoms with E-state index < -0.39 is 0 Å². The maximum absolute atomic E-state index is 7.61. The van der Waals surface area contributed by atoms with Gasteiger partial charge in [-0.2, -0.15) is 0 Å². The lowest BCUT2D eigenvalue weighted by atomic mass is 10.7. The zero-order valence-corrected chi connectivity index (χ0v) is 2.47. The molecule has 24 valence electrons. The van der Waals surface area contributed by atoms with E-state index in [-0.39, 0.29) is 0 Å². The maximum Gasteiger partial charge on any atom is 0.398 e. The van der Waals surface area contributed by atoms with Crippen LogP contribution in [0, 0.1) is 17.4 Å². The molecule has 0 bridgehead atoms. The average Bonchev–Trinajstić information content (AvgIpc) is 1.41. The number of hydrogen-bond donors (Lipinski definition) is 1. The lowest BCUT2D eigenvalue weighted by molar-refractivity contribution is 0.472. The molecular weight excluding hydrogens is 66.0 g/mol. The predicted molar refractivity (Wildman–Crippen MR) is 16.1 cm³/mol. The Balaban J connectivity index is 3.04. The van der Waals surface area contributed by atoms with E-state index in [0.717, 1.165) is 0 Å². The molecule has 0 aliphatic rings. The SMILES string of the molecule is N#C[C+]=CO. The van der Waals surface area contributed by atoms with Crippen molar-refractivity contribution in [2.45, 2.75) is 0 Å². The highest BCUT2D eigenvalue weighted by Gasteiger charge is 1.76. The first-order chi connectivity index (χ1) is 2.41. The van der Waals surface area contributed by atoms with Crippen molar-refractivity contribution in [1.29, 1.82) is 5.26 Å². The summed E-state index contributed by atoms with van der Waals surface area (Å²) in [6, 6.07) is 1.46. The minimum Gasteiger partial charge on any atom is -0.473 e. The zero-order valence-electron chi connectivity index (χ0n) is 2.47. The molecule has 0 fully saturated rings. The van der Waals surface area contributed by atoms with Gasteiger partial charge in [0.05, 0.1) is 0 Å². The Kier molecular flexibility index (Phi) is 2.32. The molecule has 5 heavy (non-hydrogen) atoms. The van der Waals surface area contributed by atoms with E-state index in [1.54, 1.807) is 0 Å². The summed E-state index contributed by atoms with van der Waals surface area (Å²) in [7, 11) is 0. The standard InChI is InChI=1S/C3HNO/c4-2-1-3-5/h3H/p+1. The van der Waals surface area contributed by atoms with Crippen LogP contribution in [0.2, 0.25) is 0 Å². The second kappa shape index (κ2) is 2.94. The smallest absolute Gasteiger partial charge is 0.398 e. The van der Waals surface area contributed by atoms with Gasteiger partial charge in [0.25, 0.3) is 0 Å². The highest BCUT2D eigenvalue weighted by Crippen LogP contribution is 1.50. The second-order valence-electron chi connectivity index (χ2n) is 0.385. The van der Waals surface area contributed by atoms with Crippen LogP contribution in [-0.4, -0.2) is 5.11 Å². The van der Waals surface area contributed by atoms with Crippen molar-refractivity contribution in [2.75, 3.05) is 0 Å². The van der Waals surface area contributed by atoms with Gasteiger partial charge >= 0.3 is 18.4 Å². The van der Waals surface area contributed by atoms with Crippen LogP contribution >= 0.6 is 0 Å². The average molecular weight is 68.1 g/mol. The van der Waals surface area contributed by atoms with Crippen molar-refractivity contribution >= 4 is 0 Å². The Morgan fingerprint density at radius 3 is 2.60 bits per heavy atom. The molecule has 0 aromatic carbocycles. The van der Waals surface area contributed by atoms with Crippen molar-refractivity contribution in [1.82, 2.24) is 0 Å². The Bertz CT molecular complexity index is 69.5. The molecule has 0 aliphatic carbocycles. The molecule has 0 heterocycles. The molecule has 0 atom stereocenters. The van der Waals surface area contributed by atoms with Crippen LogP contribution in [0.25, 0.3) is 0 Å². The third-order valence-electron chi connectivity index (χ3n) is 0.129. The zero-order chi connectivity index (χ0) is 4.12. The largest absolute Gasteiger partial charge is 0.473 e. The second-order valence-corrected chi connectivity index (χ2v) is 0.385. The molecular formula is C3H2NO+. The number of allylic oxidation sites excluding steroid dienone is 1. The summed E-state index contributed by atoms with van der Waals surface area (Å²) < 4.78 is 0. The van der Waals surface area contributed by atoms with Gasteiger partial charge in [-0.25, -0.2) is 0 Å². The Hall–Kier alpha value is -1.06. The maximum atomic E-state index is 7.61. The molecule has 1 N–H and O–H groups in total. The summed E-state index contributed by atoms with van der Waals surface area (Å²) in [5, 5.41) is 15.1. The van der Waals surface area contributed by atoms with Crippen molar-refractivity contribution in [3.05, 3.63) is 12.3 Å². The Morgan fingerprint density at radius 2 is 2.60 bits per heavy atom. The molecule has 0 saturated carbocycles. The fraction of sp³-hybridized carbons (Fsp3) is 0. The van der Waals surface area contributed by atoms with Gasteiger partial charge < -0.3 is 5.11 Å². The van der Waals surface area contributed by atoms with Gasteiger partial charge in [-0.1, -0.05) is 0 Å². The fourth-order valence-corrected chi connectivity index (χ4v) is 0.0289. The van der Waals surface area contributed by atoms with Crippen molar-refractivity contribution in [2.24, 2.45) is 0 Å². The molecule has 2 heteroatoms. The van der Waals surface area contributed by atoms with Crippen LogP contribution in [0.1, 0.15) is 0 Å². The van der Waals surface area contributed by atoms with E-state index in [0.29, 0.717) is 6.26 Å². The third kappa shape index (κ3) is 2.94. The summed E-state index contributed by atoms with van der Waals surface area (Å²) >= 11 is 0. The third-order valence-corrected chi connectivity index (χ3v) is 0.129. The Labute approximate surface area is 30.0 Å². The van der Waals surface area contributed by atoms with Gasteiger partial charge in [-0.3, -0.25) is 0 Å². The number of rotatable bonds is 0. The van der Waals surface area contributed by atoms with Gasteiger partial charge in [-0.15, -0.1) is 5.26 Å². The molecule has 0 unspecified atom stereocenters. The number of aliphatic hydroxyl groups excluding tert-OH is 1. The highest BCUT2D eigenvalue weighted by molar-refractivity contribution is 4.86. The van der Waals surface area contributed by atoms with E-state index in [4.69, 9.17) is 10.4 Å². The van der Waals surface area contributed by atoms with E-state index in [1.807, 2.05) is 6.08 Å². The quantitative estimate of drug-likeness (QED) is 0.253. The van der Waals surface area contributed by atoms with Crippen molar-refractivity contribution in [3.63, 3.8) is 0 Å². The van der Waals surface area contributed by atoms with Crippen molar-refractivity contribution in [3.8, 4) is 6.07 Å². The lowest BCUT2D eigenvalue weighted by Gasteiger charge is -1.32. The van der Waals surface area contributed by atoms with Gasteiger partial charge in [0.2, 0.25) is 0 Å². The summed E-state index contributed by atoms with van der Waals surface area (Å²) in [5.74, 6) is 0. The van der Waals surface area contributed by atoms with Gasteiger partial charge in [0.1, 0.15) is 0 Å². The van der Waals surface area contributed by atoms with Gasteiger partial charge in [0, 0.05) is 0 Å². The highest BCUT2D eigenvalue weighted by atomic mass is 16.2. The predicted octanol–water partition coefficient (Wildman–Crippen LogP) is 0.385. The fourth-order valence-electron chi connectivity index (χ4n) is 0.0289. The van der Waals surface area contributed by atoms with E-state index >= 15 is 0 Å². The number of nitriles is 1. The van der Waals surface area contributed by atoms with Crippen LogP contribution in [-0.2, 0) is 0 Å². The topological polar surface area (TPSA) is 44.0 Å². The van der Waals surface area contributed by atoms with Gasteiger partial charge in [-0.05, 0) is 0 Å². The van der Waals surface area contributed by atoms with Crippen LogP contribution < -0.4 is 0 Å². The minimum atomic E-state index is 0.569. The normalized spacial score (nSPS) is 6.20. The molecule has 0 rings (SSSR count). The molecule has 0 aromatic heterocycles. The summed E-state index contributed by atoms with van der Waals surface area (Å²) in [4.78, 5) is 0. The molecule has 0 aromatic rings. The number of nitrogens with zero attached hydrogens (tertiary/aromatic N) is 1. The van der Waals surface area contributed by atoms with Crippen molar-refractivity contribution < 1.29 is 5.11 Å². The molecule has 0 saturated heterocycles. The lowest BCUT2D eigenvalue weighted by Crippen LogP contribution is -1.44. The minimum absolute atomic E-state index is 0.569.